The third-order valence-electron chi connectivity index (χ3n) is 1.48. The molecule has 0 amide bonds. The fourth-order valence-electron chi connectivity index (χ4n) is 0.871. The Morgan fingerprint density at radius 1 is 0.750 bits per heavy atom. The normalized spacial score (nSPS) is 13.5. The van der Waals surface area contributed by atoms with Crippen LogP contribution >= 0.6 is 35.7 Å². The van der Waals surface area contributed by atoms with Crippen LogP contribution < -0.4 is 0 Å². The van der Waals surface area contributed by atoms with Crippen molar-refractivity contribution in [2.45, 2.75) is 31.6 Å². The van der Waals surface area contributed by atoms with Crippen molar-refractivity contribution in [2.24, 2.45) is 0 Å². The summed E-state index contributed by atoms with van der Waals surface area (Å²) in [6.45, 7) is 0. The average Bonchev–Trinajstić information content (AvgIpc) is 1.76. The molecule has 0 saturated carbocycles. The van der Waals surface area contributed by atoms with Gasteiger partial charge in [0.25, 0.3) is 0 Å². The summed E-state index contributed by atoms with van der Waals surface area (Å²) in [7, 11) is 24.0. The van der Waals surface area contributed by atoms with Crippen molar-refractivity contribution in [3.8, 4) is 0 Å². The SMILES string of the molecule is [CH3][Sn]([Cl])([Cl])[CH2]CC[CH2][Sn]([CH3])([Cl])[Cl]. The van der Waals surface area contributed by atoms with Crippen molar-refractivity contribution >= 4 is 67.9 Å². The Morgan fingerprint density at radius 2 is 1.00 bits per heavy atom. The molecule has 0 aliphatic rings. The van der Waals surface area contributed by atoms with Crippen molar-refractivity contribution in [3.05, 3.63) is 0 Å². The minimum atomic E-state index is -2.53. The van der Waals surface area contributed by atoms with E-state index in [9.17, 15) is 0 Å². The summed E-state index contributed by atoms with van der Waals surface area (Å²) in [5.74, 6) is 0. The van der Waals surface area contributed by atoms with Gasteiger partial charge in [-0.25, -0.2) is 0 Å². The molecule has 0 radical (unpaired) electrons. The van der Waals surface area contributed by atoms with Crippen LogP contribution in [0.5, 0.6) is 0 Å². The van der Waals surface area contributed by atoms with Gasteiger partial charge in [0.15, 0.2) is 0 Å². The molecule has 0 rings (SSSR count). The van der Waals surface area contributed by atoms with Gasteiger partial charge in [0.05, 0.1) is 0 Å². The van der Waals surface area contributed by atoms with Gasteiger partial charge in [-0.3, -0.25) is 0 Å². The Morgan fingerprint density at radius 3 is 1.17 bits per heavy atom. The van der Waals surface area contributed by atoms with Gasteiger partial charge >= 0.3 is 99.5 Å². The van der Waals surface area contributed by atoms with Gasteiger partial charge in [0, 0.05) is 0 Å². The summed E-state index contributed by atoms with van der Waals surface area (Å²) in [5.41, 5.74) is 0. The molecular formula is C6H14Cl4Sn2. The van der Waals surface area contributed by atoms with Crippen LogP contribution in [0.15, 0.2) is 0 Å². The molecule has 0 fully saturated rings. The average molecular weight is 465 g/mol. The summed E-state index contributed by atoms with van der Waals surface area (Å²) in [4.78, 5) is 4.03. The third kappa shape index (κ3) is 12.8. The molecule has 0 bridgehead atoms. The molecule has 0 aromatic heterocycles. The van der Waals surface area contributed by atoms with E-state index in [0.29, 0.717) is 0 Å². The molecule has 0 unspecified atom stereocenters. The van der Waals surface area contributed by atoms with E-state index >= 15 is 0 Å². The van der Waals surface area contributed by atoms with E-state index in [-0.39, 0.29) is 0 Å². The number of unbranched alkanes of at least 4 members (excludes halogenated alkanes) is 1. The first-order chi connectivity index (χ1) is 5.21. The van der Waals surface area contributed by atoms with Crippen LogP contribution in [-0.2, 0) is 0 Å². The second kappa shape index (κ2) is 6.36. The molecule has 6 heteroatoms. The first-order valence-electron chi connectivity index (χ1n) is 3.96. The van der Waals surface area contributed by atoms with Crippen LogP contribution in [0, 0.1) is 0 Å². The number of hydrogen-bond acceptors (Lipinski definition) is 0. The summed E-state index contributed by atoms with van der Waals surface area (Å²) in [6.07, 6.45) is 2.21. The Kier molecular flexibility index (Phi) is 7.83. The molecule has 74 valence electrons. The van der Waals surface area contributed by atoms with Crippen LogP contribution in [0.1, 0.15) is 12.8 Å². The van der Waals surface area contributed by atoms with Crippen LogP contribution in [0.3, 0.4) is 0 Å². The number of rotatable bonds is 5. The minimum absolute atomic E-state index is 1.02. The zero-order valence-corrected chi connectivity index (χ0v) is 16.1. The van der Waals surface area contributed by atoms with Crippen LogP contribution in [0.2, 0.25) is 18.8 Å². The Hall–Kier alpha value is 2.76. The summed E-state index contributed by atoms with van der Waals surface area (Å²) in [5, 5.41) is 0. The molecule has 0 aliphatic heterocycles. The maximum atomic E-state index is 6.01. The van der Waals surface area contributed by atoms with Crippen molar-refractivity contribution in [1.82, 2.24) is 0 Å². The van der Waals surface area contributed by atoms with Crippen molar-refractivity contribution < 1.29 is 0 Å². The Labute approximate surface area is 97.9 Å². The quantitative estimate of drug-likeness (QED) is 0.402. The van der Waals surface area contributed by atoms with Gasteiger partial charge in [-0.1, -0.05) is 0 Å². The third-order valence-corrected chi connectivity index (χ3v) is 13.6. The van der Waals surface area contributed by atoms with E-state index in [2.05, 4.69) is 0 Å². The van der Waals surface area contributed by atoms with Crippen molar-refractivity contribution in [1.29, 1.82) is 0 Å². The molecule has 0 atom stereocenters. The van der Waals surface area contributed by atoms with Crippen LogP contribution in [0.25, 0.3) is 0 Å². The summed E-state index contributed by atoms with van der Waals surface area (Å²) in [6, 6.07) is 0. The van der Waals surface area contributed by atoms with Gasteiger partial charge in [0.1, 0.15) is 0 Å². The molecule has 0 saturated heterocycles. The standard InChI is InChI=1S/C4H8.2CH3.4ClH.2Sn/c1-3-4-2;;;;;;;;/h1-4H2;2*1H3;4*1H;;/q;;;;;;;2*+2/p-4. The second-order valence-corrected chi connectivity index (χ2v) is 43.4. The molecule has 0 nitrogen and oxygen atoms in total. The summed E-state index contributed by atoms with van der Waals surface area (Å²) >= 11 is -5.05. The van der Waals surface area contributed by atoms with Crippen LogP contribution in [0.4, 0.5) is 0 Å². The van der Waals surface area contributed by atoms with E-state index in [4.69, 9.17) is 35.7 Å². The van der Waals surface area contributed by atoms with E-state index in [0.717, 1.165) is 21.7 Å². The molecule has 0 aromatic carbocycles. The fraction of sp³-hybridized carbons (Fsp3) is 1.00. The number of hydrogen-bond donors (Lipinski definition) is 0. The van der Waals surface area contributed by atoms with Gasteiger partial charge in [0.2, 0.25) is 0 Å². The summed E-state index contributed by atoms with van der Waals surface area (Å²) < 4.78 is 2.04. The maximum absolute atomic E-state index is 6.01. The fourth-order valence-corrected chi connectivity index (χ4v) is 9.43. The first-order valence-corrected chi connectivity index (χ1v) is 28.2. The van der Waals surface area contributed by atoms with E-state index < -0.39 is 32.2 Å². The molecule has 0 N–H and O–H groups in total. The molecule has 0 heterocycles. The Bertz CT molecular complexity index is 110. The molecule has 0 spiro atoms. The van der Waals surface area contributed by atoms with E-state index in [1.165, 1.54) is 0 Å². The van der Waals surface area contributed by atoms with Gasteiger partial charge in [-0.15, -0.1) is 0 Å². The van der Waals surface area contributed by atoms with Crippen LogP contribution in [-0.4, -0.2) is 32.2 Å². The van der Waals surface area contributed by atoms with E-state index in [1.54, 1.807) is 0 Å². The zero-order valence-electron chi connectivity index (χ0n) is 7.34. The second-order valence-electron chi connectivity index (χ2n) is 3.35. The van der Waals surface area contributed by atoms with Crippen molar-refractivity contribution in [3.63, 3.8) is 0 Å². The van der Waals surface area contributed by atoms with E-state index in [1.807, 2.05) is 9.88 Å². The molecular weight excluding hydrogens is 451 g/mol. The first kappa shape index (κ1) is 14.8. The predicted octanol–water partition coefficient (Wildman–Crippen LogP) is 4.87. The monoisotopic (exact) mass is 466 g/mol. The zero-order chi connectivity index (χ0) is 9.83. The van der Waals surface area contributed by atoms with Gasteiger partial charge in [-0.2, -0.15) is 0 Å². The molecule has 12 heavy (non-hydrogen) atoms. The van der Waals surface area contributed by atoms with Crippen molar-refractivity contribution in [2.75, 3.05) is 0 Å². The Balaban J connectivity index is 3.35. The van der Waals surface area contributed by atoms with Gasteiger partial charge in [-0.05, 0) is 0 Å². The number of halogens is 4. The molecule has 0 aromatic rings. The predicted molar refractivity (Wildman–Crippen MR) is 65.5 cm³/mol. The topological polar surface area (TPSA) is 0 Å². The van der Waals surface area contributed by atoms with Gasteiger partial charge < -0.3 is 0 Å². The molecule has 0 aliphatic carbocycles.